The lowest BCUT2D eigenvalue weighted by Gasteiger charge is -2.19. The molecule has 0 saturated carbocycles. The second kappa shape index (κ2) is 3.31. The highest BCUT2D eigenvalue weighted by molar-refractivity contribution is 9.10. The lowest BCUT2D eigenvalue weighted by atomic mass is 10.1. The van der Waals surface area contributed by atoms with E-state index in [-0.39, 0.29) is 0 Å². The highest BCUT2D eigenvalue weighted by Gasteiger charge is 2.43. The summed E-state index contributed by atoms with van der Waals surface area (Å²) in [4.78, 5) is -3.39. The molecular formula is C6H9BrF3N. The molecular weight excluding hydrogens is 223 g/mol. The molecule has 0 aromatic rings. The van der Waals surface area contributed by atoms with Gasteiger partial charge in [0.1, 0.15) is 0 Å². The van der Waals surface area contributed by atoms with E-state index < -0.39 is 17.0 Å². The standard InChI is InChI=1S/C6H9BrF3N/c7-6(9,10)5(8)4-2-1-3-11-4/h4-5,11H,1-3H2. The van der Waals surface area contributed by atoms with Crippen LogP contribution in [0.3, 0.4) is 0 Å². The van der Waals surface area contributed by atoms with Crippen LogP contribution in [0.15, 0.2) is 0 Å². The smallest absolute Gasteiger partial charge is 0.311 e. The van der Waals surface area contributed by atoms with Crippen molar-refractivity contribution >= 4 is 15.9 Å². The predicted molar refractivity (Wildman–Crippen MR) is 39.8 cm³/mol. The Balaban J connectivity index is 2.46. The molecule has 1 nitrogen and oxygen atoms in total. The van der Waals surface area contributed by atoms with Gasteiger partial charge in [0, 0.05) is 6.04 Å². The molecule has 2 unspecified atom stereocenters. The van der Waals surface area contributed by atoms with Crippen LogP contribution in [0.2, 0.25) is 0 Å². The summed E-state index contributed by atoms with van der Waals surface area (Å²) in [6.07, 6.45) is -0.860. The molecule has 0 radical (unpaired) electrons. The maximum atomic E-state index is 12.8. The first-order valence-corrected chi connectivity index (χ1v) is 4.25. The SMILES string of the molecule is FC(C1CCCN1)C(F)(F)Br. The third kappa shape index (κ3) is 2.33. The third-order valence-electron chi connectivity index (χ3n) is 1.76. The van der Waals surface area contributed by atoms with Gasteiger partial charge in [-0.2, -0.15) is 8.78 Å². The molecule has 1 heterocycles. The van der Waals surface area contributed by atoms with Gasteiger partial charge < -0.3 is 5.32 Å². The van der Waals surface area contributed by atoms with Gasteiger partial charge in [0.15, 0.2) is 6.17 Å². The first kappa shape index (κ1) is 9.32. The number of rotatable bonds is 2. The molecule has 0 spiro atoms. The summed E-state index contributed by atoms with van der Waals surface area (Å²) in [5.74, 6) is 0. The van der Waals surface area contributed by atoms with E-state index in [0.717, 1.165) is 6.42 Å². The van der Waals surface area contributed by atoms with Crippen molar-refractivity contribution in [3.05, 3.63) is 0 Å². The van der Waals surface area contributed by atoms with Crippen LogP contribution in [-0.4, -0.2) is 23.6 Å². The van der Waals surface area contributed by atoms with Gasteiger partial charge in [-0.15, -0.1) is 0 Å². The van der Waals surface area contributed by atoms with Crippen LogP contribution >= 0.6 is 15.9 Å². The first-order chi connectivity index (χ1) is 5.02. The highest BCUT2D eigenvalue weighted by atomic mass is 79.9. The fourth-order valence-electron chi connectivity index (χ4n) is 1.19. The summed E-state index contributed by atoms with van der Waals surface area (Å²) in [5, 5.41) is 2.68. The van der Waals surface area contributed by atoms with Crippen LogP contribution in [-0.2, 0) is 0 Å². The molecule has 5 heteroatoms. The number of halogens is 4. The summed E-state index contributed by atoms with van der Waals surface area (Å²) in [7, 11) is 0. The van der Waals surface area contributed by atoms with E-state index in [1.54, 1.807) is 0 Å². The Labute approximate surface area is 71.5 Å². The maximum Gasteiger partial charge on any atom is 0.333 e. The number of nitrogens with one attached hydrogen (secondary N) is 1. The summed E-state index contributed by atoms with van der Waals surface area (Å²) in [6, 6.07) is -0.690. The van der Waals surface area contributed by atoms with Gasteiger partial charge in [-0.25, -0.2) is 4.39 Å². The van der Waals surface area contributed by atoms with Crippen LogP contribution in [0.25, 0.3) is 0 Å². The number of alkyl halides is 4. The predicted octanol–water partition coefficient (Wildman–Crippen LogP) is 2.06. The van der Waals surface area contributed by atoms with E-state index >= 15 is 0 Å². The van der Waals surface area contributed by atoms with Crippen LogP contribution in [0.5, 0.6) is 0 Å². The van der Waals surface area contributed by atoms with Crippen molar-refractivity contribution < 1.29 is 13.2 Å². The van der Waals surface area contributed by atoms with Crippen molar-refractivity contribution in [3.8, 4) is 0 Å². The molecule has 0 aromatic carbocycles. The molecule has 1 saturated heterocycles. The Morgan fingerprint density at radius 1 is 1.55 bits per heavy atom. The summed E-state index contributed by atoms with van der Waals surface area (Å²) < 4.78 is 37.3. The average Bonchev–Trinajstić information content (AvgIpc) is 2.34. The average molecular weight is 232 g/mol. The van der Waals surface area contributed by atoms with Crippen LogP contribution < -0.4 is 5.32 Å². The number of hydrogen-bond acceptors (Lipinski definition) is 1. The van der Waals surface area contributed by atoms with Gasteiger partial charge >= 0.3 is 4.83 Å². The van der Waals surface area contributed by atoms with Crippen molar-refractivity contribution in [2.24, 2.45) is 0 Å². The Hall–Kier alpha value is 0.230. The Kier molecular flexibility index (Phi) is 2.80. The molecule has 1 aliphatic rings. The van der Waals surface area contributed by atoms with E-state index in [1.807, 2.05) is 15.9 Å². The molecule has 0 bridgehead atoms. The maximum absolute atomic E-state index is 12.8. The molecule has 1 aliphatic heterocycles. The fourth-order valence-corrected chi connectivity index (χ4v) is 1.51. The molecule has 0 amide bonds. The molecule has 2 atom stereocenters. The molecule has 0 aliphatic carbocycles. The number of hydrogen-bond donors (Lipinski definition) is 1. The van der Waals surface area contributed by atoms with Gasteiger partial charge in [0.25, 0.3) is 0 Å². The van der Waals surface area contributed by atoms with E-state index in [2.05, 4.69) is 5.32 Å². The zero-order chi connectivity index (χ0) is 8.48. The summed E-state index contributed by atoms with van der Waals surface area (Å²) >= 11 is 2.01. The van der Waals surface area contributed by atoms with Gasteiger partial charge in [0.2, 0.25) is 0 Å². The molecule has 1 rings (SSSR count). The van der Waals surface area contributed by atoms with Crippen LogP contribution in [0, 0.1) is 0 Å². The van der Waals surface area contributed by atoms with E-state index in [9.17, 15) is 13.2 Å². The van der Waals surface area contributed by atoms with Crippen LogP contribution in [0.1, 0.15) is 12.8 Å². The Bertz CT molecular complexity index is 130. The van der Waals surface area contributed by atoms with Gasteiger partial charge in [-0.3, -0.25) is 0 Å². The molecule has 66 valence electrons. The van der Waals surface area contributed by atoms with Gasteiger partial charge in [-0.05, 0) is 35.3 Å². The van der Waals surface area contributed by atoms with Crippen molar-refractivity contribution in [2.75, 3.05) is 6.54 Å². The molecule has 1 N–H and O–H groups in total. The monoisotopic (exact) mass is 231 g/mol. The highest BCUT2D eigenvalue weighted by Crippen LogP contribution is 2.32. The second-order valence-electron chi connectivity index (χ2n) is 2.65. The topological polar surface area (TPSA) is 12.0 Å². The van der Waals surface area contributed by atoms with E-state index in [4.69, 9.17) is 0 Å². The minimum atomic E-state index is -3.39. The Morgan fingerprint density at radius 2 is 2.18 bits per heavy atom. The van der Waals surface area contributed by atoms with E-state index in [1.165, 1.54) is 0 Å². The van der Waals surface area contributed by atoms with E-state index in [0.29, 0.717) is 13.0 Å². The van der Waals surface area contributed by atoms with Crippen molar-refractivity contribution in [1.29, 1.82) is 0 Å². The third-order valence-corrected chi connectivity index (χ3v) is 2.20. The molecule has 0 aromatic heterocycles. The van der Waals surface area contributed by atoms with Crippen molar-refractivity contribution in [3.63, 3.8) is 0 Å². The van der Waals surface area contributed by atoms with Crippen molar-refractivity contribution in [1.82, 2.24) is 5.32 Å². The lowest BCUT2D eigenvalue weighted by molar-refractivity contribution is 0.00579. The van der Waals surface area contributed by atoms with Crippen LogP contribution in [0.4, 0.5) is 13.2 Å². The van der Waals surface area contributed by atoms with Crippen molar-refractivity contribution in [2.45, 2.75) is 29.9 Å². The largest absolute Gasteiger partial charge is 0.333 e. The summed E-state index contributed by atoms with van der Waals surface area (Å²) in [5.41, 5.74) is 0. The second-order valence-corrected chi connectivity index (χ2v) is 3.70. The first-order valence-electron chi connectivity index (χ1n) is 3.46. The zero-order valence-electron chi connectivity index (χ0n) is 5.79. The van der Waals surface area contributed by atoms with Gasteiger partial charge in [-0.1, -0.05) is 0 Å². The molecule has 1 fully saturated rings. The normalized spacial score (nSPS) is 28.9. The minimum absolute atomic E-state index is 0.488. The lowest BCUT2D eigenvalue weighted by Crippen LogP contribution is -2.40. The fraction of sp³-hybridized carbons (Fsp3) is 1.00. The minimum Gasteiger partial charge on any atom is -0.311 e. The van der Waals surface area contributed by atoms with Gasteiger partial charge in [0.05, 0.1) is 0 Å². The quantitative estimate of drug-likeness (QED) is 0.718. The Morgan fingerprint density at radius 3 is 2.55 bits per heavy atom. The zero-order valence-corrected chi connectivity index (χ0v) is 7.37. The summed E-state index contributed by atoms with van der Waals surface area (Å²) in [6.45, 7) is 0.633. The molecule has 11 heavy (non-hydrogen) atoms.